The fraction of sp³-hybridized carbons (Fsp3) is 0.429. The Morgan fingerprint density at radius 3 is 2.79 bits per heavy atom. The minimum Gasteiger partial charge on any atom is -0.313 e. The topological polar surface area (TPSA) is 46.9 Å². The third kappa shape index (κ3) is 2.65. The number of hydrogen-bond donors (Lipinski definition) is 1. The highest BCUT2D eigenvalue weighted by Gasteiger charge is 2.13. The van der Waals surface area contributed by atoms with E-state index in [1.807, 2.05) is 27.0 Å². The average molecular weight is 280 g/mol. The van der Waals surface area contributed by atoms with Gasteiger partial charge in [-0.3, -0.25) is 9.36 Å². The van der Waals surface area contributed by atoms with Crippen molar-refractivity contribution in [1.82, 2.24) is 14.9 Å². The molecule has 19 heavy (non-hydrogen) atoms. The molecule has 1 heterocycles. The van der Waals surface area contributed by atoms with E-state index in [2.05, 4.69) is 10.3 Å². The van der Waals surface area contributed by atoms with Crippen LogP contribution >= 0.6 is 11.6 Å². The first-order valence-electron chi connectivity index (χ1n) is 6.42. The number of fused-ring (bicyclic) bond motifs is 1. The van der Waals surface area contributed by atoms with Gasteiger partial charge in [0.2, 0.25) is 0 Å². The SMILES string of the molecule is CCCn1c(CNC)nc2cc(C)cc(Cl)c2c1=O. The smallest absolute Gasteiger partial charge is 0.262 e. The summed E-state index contributed by atoms with van der Waals surface area (Å²) in [7, 11) is 1.84. The summed E-state index contributed by atoms with van der Waals surface area (Å²) >= 11 is 6.20. The summed E-state index contributed by atoms with van der Waals surface area (Å²) in [6.45, 7) is 5.21. The molecule has 0 atom stereocenters. The van der Waals surface area contributed by atoms with Gasteiger partial charge in [0.25, 0.3) is 5.56 Å². The zero-order valence-electron chi connectivity index (χ0n) is 11.5. The summed E-state index contributed by atoms with van der Waals surface area (Å²) in [5.74, 6) is 0.753. The lowest BCUT2D eigenvalue weighted by Gasteiger charge is -2.13. The highest BCUT2D eigenvalue weighted by atomic mass is 35.5. The molecule has 0 aliphatic carbocycles. The lowest BCUT2D eigenvalue weighted by atomic mass is 10.1. The Balaban J connectivity index is 2.81. The molecule has 0 saturated carbocycles. The summed E-state index contributed by atoms with van der Waals surface area (Å²) < 4.78 is 1.71. The first-order chi connectivity index (χ1) is 9.08. The van der Waals surface area contributed by atoms with Crippen LogP contribution in [0.5, 0.6) is 0 Å². The first-order valence-corrected chi connectivity index (χ1v) is 6.80. The van der Waals surface area contributed by atoms with E-state index in [-0.39, 0.29) is 5.56 Å². The molecule has 0 bridgehead atoms. The summed E-state index contributed by atoms with van der Waals surface area (Å²) in [5.41, 5.74) is 1.63. The van der Waals surface area contributed by atoms with Crippen molar-refractivity contribution >= 4 is 22.5 Å². The van der Waals surface area contributed by atoms with E-state index in [1.165, 1.54) is 0 Å². The number of benzene rings is 1. The average Bonchev–Trinajstić information content (AvgIpc) is 2.33. The molecular formula is C14H18ClN3O. The third-order valence-corrected chi connectivity index (χ3v) is 3.31. The molecule has 0 unspecified atom stereocenters. The Morgan fingerprint density at radius 1 is 1.42 bits per heavy atom. The molecule has 0 aliphatic rings. The highest BCUT2D eigenvalue weighted by Crippen LogP contribution is 2.21. The normalized spacial score (nSPS) is 11.2. The minimum atomic E-state index is -0.0536. The molecule has 0 fully saturated rings. The number of aromatic nitrogens is 2. The highest BCUT2D eigenvalue weighted by molar-refractivity contribution is 6.35. The zero-order valence-corrected chi connectivity index (χ0v) is 12.2. The maximum atomic E-state index is 12.6. The van der Waals surface area contributed by atoms with Crippen molar-refractivity contribution in [3.63, 3.8) is 0 Å². The number of halogens is 1. The Kier molecular flexibility index (Phi) is 4.22. The van der Waals surface area contributed by atoms with Crippen LogP contribution in [0.4, 0.5) is 0 Å². The maximum absolute atomic E-state index is 12.6. The van der Waals surface area contributed by atoms with Gasteiger partial charge in [-0.1, -0.05) is 18.5 Å². The molecule has 1 N–H and O–H groups in total. The van der Waals surface area contributed by atoms with Crippen molar-refractivity contribution < 1.29 is 0 Å². The summed E-state index contributed by atoms with van der Waals surface area (Å²) in [5, 5.41) is 4.04. The Bertz CT molecular complexity index is 664. The molecule has 0 spiro atoms. The molecule has 0 amide bonds. The lowest BCUT2D eigenvalue weighted by Crippen LogP contribution is -2.28. The predicted octanol–water partition coefficient (Wildman–Crippen LogP) is 2.49. The monoisotopic (exact) mass is 279 g/mol. The molecule has 1 aromatic heterocycles. The van der Waals surface area contributed by atoms with Gasteiger partial charge in [-0.25, -0.2) is 4.98 Å². The van der Waals surface area contributed by atoms with Crippen molar-refractivity contribution in [3.8, 4) is 0 Å². The molecule has 2 aromatic rings. The molecule has 4 nitrogen and oxygen atoms in total. The van der Waals surface area contributed by atoms with Crippen LogP contribution < -0.4 is 10.9 Å². The first kappa shape index (κ1) is 14.0. The molecule has 0 aliphatic heterocycles. The number of hydrogen-bond acceptors (Lipinski definition) is 3. The molecule has 2 rings (SSSR count). The number of nitrogens with zero attached hydrogens (tertiary/aromatic N) is 2. The van der Waals surface area contributed by atoms with Gasteiger partial charge in [-0.15, -0.1) is 0 Å². The second-order valence-corrected chi connectivity index (χ2v) is 5.06. The van der Waals surface area contributed by atoms with Crippen LogP contribution in [0.2, 0.25) is 5.02 Å². The fourth-order valence-corrected chi connectivity index (χ4v) is 2.57. The number of aryl methyl sites for hydroxylation is 1. The van der Waals surface area contributed by atoms with Crippen LogP contribution in [0.3, 0.4) is 0 Å². The zero-order chi connectivity index (χ0) is 14.0. The van der Waals surface area contributed by atoms with E-state index in [0.717, 1.165) is 17.8 Å². The summed E-state index contributed by atoms with van der Waals surface area (Å²) in [6, 6.07) is 3.71. The van der Waals surface area contributed by atoms with Crippen LogP contribution in [-0.2, 0) is 13.1 Å². The quantitative estimate of drug-likeness (QED) is 0.935. The van der Waals surface area contributed by atoms with Crippen LogP contribution in [-0.4, -0.2) is 16.6 Å². The number of rotatable bonds is 4. The van der Waals surface area contributed by atoms with Crippen LogP contribution in [0, 0.1) is 6.92 Å². The third-order valence-electron chi connectivity index (χ3n) is 3.02. The van der Waals surface area contributed by atoms with Crippen LogP contribution in [0.1, 0.15) is 24.7 Å². The van der Waals surface area contributed by atoms with E-state index in [0.29, 0.717) is 29.0 Å². The second-order valence-electron chi connectivity index (χ2n) is 4.66. The summed E-state index contributed by atoms with van der Waals surface area (Å²) in [4.78, 5) is 17.1. The molecule has 0 saturated heterocycles. The lowest BCUT2D eigenvalue weighted by molar-refractivity contribution is 0.586. The van der Waals surface area contributed by atoms with Gasteiger partial charge in [-0.2, -0.15) is 0 Å². The van der Waals surface area contributed by atoms with E-state index in [1.54, 1.807) is 10.6 Å². The summed E-state index contributed by atoms with van der Waals surface area (Å²) in [6.07, 6.45) is 0.882. The van der Waals surface area contributed by atoms with Crippen molar-refractivity contribution in [3.05, 3.63) is 38.9 Å². The Labute approximate surface area is 117 Å². The second kappa shape index (κ2) is 5.72. The van der Waals surface area contributed by atoms with E-state index in [9.17, 15) is 4.79 Å². The fourth-order valence-electron chi connectivity index (χ4n) is 2.22. The molecule has 1 aromatic carbocycles. The largest absolute Gasteiger partial charge is 0.313 e. The van der Waals surface area contributed by atoms with Crippen LogP contribution in [0.15, 0.2) is 16.9 Å². The van der Waals surface area contributed by atoms with Gasteiger partial charge in [0.1, 0.15) is 5.82 Å². The number of nitrogens with one attached hydrogen (secondary N) is 1. The molecule has 0 radical (unpaired) electrons. The van der Waals surface area contributed by atoms with Crippen LogP contribution in [0.25, 0.3) is 10.9 Å². The van der Waals surface area contributed by atoms with Gasteiger partial charge in [-0.05, 0) is 38.1 Å². The minimum absolute atomic E-state index is 0.0536. The van der Waals surface area contributed by atoms with Crippen molar-refractivity contribution in [2.75, 3.05) is 7.05 Å². The molecule has 102 valence electrons. The van der Waals surface area contributed by atoms with E-state index in [4.69, 9.17) is 11.6 Å². The van der Waals surface area contributed by atoms with Crippen molar-refractivity contribution in [1.29, 1.82) is 0 Å². The maximum Gasteiger partial charge on any atom is 0.262 e. The van der Waals surface area contributed by atoms with Crippen molar-refractivity contribution in [2.24, 2.45) is 0 Å². The van der Waals surface area contributed by atoms with Gasteiger partial charge in [0.15, 0.2) is 0 Å². The Hall–Kier alpha value is -1.39. The van der Waals surface area contributed by atoms with E-state index >= 15 is 0 Å². The molecular weight excluding hydrogens is 262 g/mol. The predicted molar refractivity (Wildman–Crippen MR) is 78.8 cm³/mol. The van der Waals surface area contributed by atoms with Gasteiger partial charge in [0, 0.05) is 6.54 Å². The molecule has 5 heteroatoms. The standard InChI is InChI=1S/C14H18ClN3O/c1-4-5-18-12(8-16-3)17-11-7-9(2)6-10(15)13(11)14(18)19/h6-7,16H,4-5,8H2,1-3H3. The Morgan fingerprint density at radius 2 is 2.16 bits per heavy atom. The van der Waals surface area contributed by atoms with Gasteiger partial charge < -0.3 is 5.32 Å². The van der Waals surface area contributed by atoms with Gasteiger partial charge in [0.05, 0.1) is 22.5 Å². The van der Waals surface area contributed by atoms with E-state index < -0.39 is 0 Å². The van der Waals surface area contributed by atoms with Gasteiger partial charge >= 0.3 is 0 Å². The van der Waals surface area contributed by atoms with Crippen molar-refractivity contribution in [2.45, 2.75) is 33.4 Å².